The summed E-state index contributed by atoms with van der Waals surface area (Å²) in [7, 11) is 0. The van der Waals surface area contributed by atoms with Gasteiger partial charge in [0.1, 0.15) is 0 Å². The topological polar surface area (TPSA) is 36.9 Å². The minimum Gasteiger partial charge on any atom is -0.352 e. The normalized spacial score (nSPS) is 34.0. The van der Waals surface area contributed by atoms with Gasteiger partial charge in [-0.3, -0.25) is 0 Å². The van der Waals surface area contributed by atoms with E-state index in [-0.39, 0.29) is 18.5 Å². The third kappa shape index (κ3) is 5.85. The molecule has 2 saturated heterocycles. The maximum Gasteiger partial charge on any atom is 0.164 e. The van der Waals surface area contributed by atoms with Crippen molar-refractivity contribution in [2.45, 2.75) is 71.4 Å². The van der Waals surface area contributed by atoms with E-state index in [0.717, 1.165) is 19.6 Å². The number of hydrogen-bond acceptors (Lipinski definition) is 4. The first-order valence-corrected chi connectivity index (χ1v) is 8.79. The minimum absolute atomic E-state index is 0.0197. The molecule has 124 valence electrons. The smallest absolute Gasteiger partial charge is 0.164 e. The Morgan fingerprint density at radius 2 is 1.38 bits per heavy atom. The lowest BCUT2D eigenvalue weighted by molar-refractivity contribution is -0.281. The second kappa shape index (κ2) is 9.78. The Morgan fingerprint density at radius 1 is 0.714 bits per heavy atom. The molecule has 2 aliphatic heterocycles. The van der Waals surface area contributed by atoms with Gasteiger partial charge in [0.25, 0.3) is 0 Å². The molecule has 2 fully saturated rings. The molecule has 0 bridgehead atoms. The van der Waals surface area contributed by atoms with E-state index in [1.54, 1.807) is 0 Å². The molecular weight excluding hydrogens is 268 g/mol. The summed E-state index contributed by atoms with van der Waals surface area (Å²) in [6, 6.07) is 0. The van der Waals surface area contributed by atoms with Crippen molar-refractivity contribution in [2.24, 2.45) is 11.8 Å². The second-order valence-corrected chi connectivity index (χ2v) is 6.40. The Hall–Kier alpha value is -0.160. The van der Waals surface area contributed by atoms with Gasteiger partial charge in [0.2, 0.25) is 0 Å². The molecule has 0 amide bonds. The molecule has 0 unspecified atom stereocenters. The highest BCUT2D eigenvalue weighted by Crippen LogP contribution is 2.25. The average Bonchev–Trinajstić information content (AvgIpc) is 2.54. The van der Waals surface area contributed by atoms with Crippen molar-refractivity contribution in [3.8, 4) is 0 Å². The van der Waals surface area contributed by atoms with Crippen LogP contribution in [0.1, 0.15) is 58.8 Å². The van der Waals surface area contributed by atoms with Gasteiger partial charge >= 0.3 is 0 Å². The van der Waals surface area contributed by atoms with Crippen LogP contribution in [-0.4, -0.2) is 39.0 Å². The van der Waals surface area contributed by atoms with Crippen molar-refractivity contribution in [3.05, 3.63) is 0 Å². The Kier molecular flexibility index (Phi) is 8.01. The van der Waals surface area contributed by atoms with Crippen molar-refractivity contribution in [1.29, 1.82) is 0 Å². The van der Waals surface area contributed by atoms with Gasteiger partial charge in [-0.25, -0.2) is 0 Å². The standard InChI is InChI=1S/C17H32O4/c1-3-5-7-9-16-18-12-15(13-19-16)17-20-10-14(11-21-17)8-6-4-2/h14-17H,3-13H2,1-2H3/t14-,15-,16-,17-. The lowest BCUT2D eigenvalue weighted by Gasteiger charge is -2.37. The second-order valence-electron chi connectivity index (χ2n) is 6.40. The highest BCUT2D eigenvalue weighted by Gasteiger charge is 2.33. The fourth-order valence-electron chi connectivity index (χ4n) is 2.93. The van der Waals surface area contributed by atoms with Crippen molar-refractivity contribution in [3.63, 3.8) is 0 Å². The van der Waals surface area contributed by atoms with E-state index >= 15 is 0 Å². The first kappa shape index (κ1) is 17.2. The lowest BCUT2D eigenvalue weighted by atomic mass is 10.0. The first-order valence-electron chi connectivity index (χ1n) is 8.79. The van der Waals surface area contributed by atoms with Gasteiger partial charge in [-0.1, -0.05) is 39.5 Å². The molecule has 4 heteroatoms. The molecule has 4 nitrogen and oxygen atoms in total. The van der Waals surface area contributed by atoms with Crippen LogP contribution >= 0.6 is 0 Å². The zero-order valence-electron chi connectivity index (χ0n) is 13.7. The number of rotatable bonds is 8. The van der Waals surface area contributed by atoms with E-state index in [9.17, 15) is 0 Å². The van der Waals surface area contributed by atoms with Gasteiger partial charge < -0.3 is 18.9 Å². The number of hydrogen-bond donors (Lipinski definition) is 0. The quantitative estimate of drug-likeness (QED) is 0.640. The summed E-state index contributed by atoms with van der Waals surface area (Å²) in [4.78, 5) is 0. The molecule has 2 rings (SSSR count). The number of ether oxygens (including phenoxy) is 4. The monoisotopic (exact) mass is 300 g/mol. The summed E-state index contributed by atoms with van der Waals surface area (Å²) < 4.78 is 23.4. The van der Waals surface area contributed by atoms with E-state index in [0.29, 0.717) is 19.1 Å². The van der Waals surface area contributed by atoms with Crippen LogP contribution in [0.2, 0.25) is 0 Å². The van der Waals surface area contributed by atoms with Gasteiger partial charge in [-0.15, -0.1) is 0 Å². The third-order valence-corrected chi connectivity index (χ3v) is 4.38. The Bertz CT molecular complexity index is 256. The molecule has 0 aromatic heterocycles. The molecule has 2 heterocycles. The maximum absolute atomic E-state index is 5.88. The van der Waals surface area contributed by atoms with Crippen molar-refractivity contribution in [1.82, 2.24) is 0 Å². The molecule has 0 aromatic rings. The highest BCUT2D eigenvalue weighted by atomic mass is 16.7. The zero-order chi connectivity index (χ0) is 14.9. The Labute approximate surface area is 129 Å². The van der Waals surface area contributed by atoms with Gasteiger partial charge in [-0.2, -0.15) is 0 Å². The van der Waals surface area contributed by atoms with Crippen LogP contribution in [0.25, 0.3) is 0 Å². The predicted molar refractivity (Wildman–Crippen MR) is 82.0 cm³/mol. The van der Waals surface area contributed by atoms with E-state index < -0.39 is 0 Å². The largest absolute Gasteiger partial charge is 0.352 e. The zero-order valence-corrected chi connectivity index (χ0v) is 13.7. The maximum atomic E-state index is 5.88. The fourth-order valence-corrected chi connectivity index (χ4v) is 2.93. The molecular formula is C17H32O4. The van der Waals surface area contributed by atoms with E-state index in [1.165, 1.54) is 38.5 Å². The number of unbranched alkanes of at least 4 members (excludes halogenated alkanes) is 3. The van der Waals surface area contributed by atoms with Crippen LogP contribution in [0.5, 0.6) is 0 Å². The Balaban J connectivity index is 1.60. The summed E-state index contributed by atoms with van der Waals surface area (Å²) in [5, 5.41) is 0. The average molecular weight is 300 g/mol. The summed E-state index contributed by atoms with van der Waals surface area (Å²) in [6.07, 6.45) is 8.22. The molecule has 0 N–H and O–H groups in total. The molecule has 0 spiro atoms. The van der Waals surface area contributed by atoms with Crippen molar-refractivity contribution >= 4 is 0 Å². The first-order chi connectivity index (χ1) is 10.3. The summed E-state index contributed by atoms with van der Waals surface area (Å²) >= 11 is 0. The van der Waals surface area contributed by atoms with Crippen LogP contribution in [-0.2, 0) is 18.9 Å². The van der Waals surface area contributed by atoms with Crippen LogP contribution in [0.4, 0.5) is 0 Å². The SMILES string of the molecule is CCCCC[C@H]1OC[C@H]([C@H]2OC[C@H](CCCC)CO2)CO1. The molecule has 2 aliphatic rings. The summed E-state index contributed by atoms with van der Waals surface area (Å²) in [6.45, 7) is 7.47. The van der Waals surface area contributed by atoms with Crippen LogP contribution < -0.4 is 0 Å². The van der Waals surface area contributed by atoms with Crippen molar-refractivity contribution < 1.29 is 18.9 Å². The van der Waals surface area contributed by atoms with Gasteiger partial charge in [-0.05, 0) is 19.3 Å². The summed E-state index contributed by atoms with van der Waals surface area (Å²) in [5.41, 5.74) is 0. The van der Waals surface area contributed by atoms with E-state index in [4.69, 9.17) is 18.9 Å². The summed E-state index contributed by atoms with van der Waals surface area (Å²) in [5.74, 6) is 0.785. The van der Waals surface area contributed by atoms with E-state index in [2.05, 4.69) is 13.8 Å². The third-order valence-electron chi connectivity index (χ3n) is 4.38. The predicted octanol–water partition coefficient (Wildman–Crippen LogP) is 3.74. The fraction of sp³-hybridized carbons (Fsp3) is 1.00. The Morgan fingerprint density at radius 3 is 2.00 bits per heavy atom. The van der Waals surface area contributed by atoms with Crippen LogP contribution in [0, 0.1) is 11.8 Å². The van der Waals surface area contributed by atoms with Crippen LogP contribution in [0.15, 0.2) is 0 Å². The molecule has 0 aromatic carbocycles. The minimum atomic E-state index is -0.139. The van der Waals surface area contributed by atoms with Crippen LogP contribution in [0.3, 0.4) is 0 Å². The molecule has 0 atom stereocenters. The van der Waals surface area contributed by atoms with Gasteiger partial charge in [0.15, 0.2) is 12.6 Å². The van der Waals surface area contributed by atoms with E-state index in [1.807, 2.05) is 0 Å². The molecule has 0 radical (unpaired) electrons. The van der Waals surface area contributed by atoms with Crippen molar-refractivity contribution in [2.75, 3.05) is 26.4 Å². The highest BCUT2D eigenvalue weighted by molar-refractivity contribution is 4.72. The lowest BCUT2D eigenvalue weighted by Crippen LogP contribution is -2.44. The molecule has 0 saturated carbocycles. The molecule has 0 aliphatic carbocycles. The molecule has 21 heavy (non-hydrogen) atoms. The van der Waals surface area contributed by atoms with Gasteiger partial charge in [0.05, 0.1) is 32.3 Å². The van der Waals surface area contributed by atoms with Gasteiger partial charge in [0, 0.05) is 5.92 Å².